The van der Waals surface area contributed by atoms with E-state index in [4.69, 9.17) is 4.74 Å². The van der Waals surface area contributed by atoms with Gasteiger partial charge in [0.05, 0.1) is 17.1 Å². The minimum atomic E-state index is -0.256. The Kier molecular flexibility index (Phi) is 6.65. The Bertz CT molecular complexity index is 1410. The summed E-state index contributed by atoms with van der Waals surface area (Å²) in [6.45, 7) is 3.58. The molecule has 0 radical (unpaired) electrons. The lowest BCUT2D eigenvalue weighted by atomic mass is 10.2. The molecule has 0 saturated carbocycles. The van der Waals surface area contributed by atoms with Gasteiger partial charge < -0.3 is 10.1 Å². The number of nitrogens with one attached hydrogen (secondary N) is 1. The number of rotatable bonds is 6. The van der Waals surface area contributed by atoms with Crippen molar-refractivity contribution < 1.29 is 9.53 Å². The largest absolute Gasteiger partial charge is 0.484 e. The lowest BCUT2D eigenvalue weighted by molar-refractivity contribution is -0.118. The van der Waals surface area contributed by atoms with Crippen LogP contribution < -0.4 is 15.6 Å². The van der Waals surface area contributed by atoms with E-state index in [0.29, 0.717) is 33.7 Å². The third-order valence-electron chi connectivity index (χ3n) is 4.86. The summed E-state index contributed by atoms with van der Waals surface area (Å²) in [6.07, 6.45) is 1.55. The standard InChI is InChI=1S/C25H21BrN4O3/c1-16-6-9-20(10-7-16)29-24(31)15-33-21-5-3-4-18(12-21)14-27-30-17(2)28-23-11-8-19(26)13-22(23)25(30)32/h3-14H,15H2,1-2H3,(H,29,31). The molecular formula is C25H21BrN4O3. The highest BCUT2D eigenvalue weighted by molar-refractivity contribution is 9.10. The van der Waals surface area contributed by atoms with Crippen molar-refractivity contribution >= 4 is 44.6 Å². The van der Waals surface area contributed by atoms with Crippen molar-refractivity contribution in [1.29, 1.82) is 0 Å². The average molecular weight is 505 g/mol. The zero-order valence-corrected chi connectivity index (χ0v) is 19.7. The minimum Gasteiger partial charge on any atom is -0.484 e. The molecule has 0 fully saturated rings. The van der Waals surface area contributed by atoms with Crippen molar-refractivity contribution in [1.82, 2.24) is 9.66 Å². The second-order valence-corrected chi connectivity index (χ2v) is 8.37. The second kappa shape index (κ2) is 9.79. The van der Waals surface area contributed by atoms with Gasteiger partial charge in [-0.15, -0.1) is 0 Å². The highest BCUT2D eigenvalue weighted by atomic mass is 79.9. The molecule has 0 aliphatic rings. The van der Waals surface area contributed by atoms with Crippen molar-refractivity contribution in [2.75, 3.05) is 11.9 Å². The Morgan fingerprint density at radius 1 is 1.12 bits per heavy atom. The molecule has 1 heterocycles. The summed E-state index contributed by atoms with van der Waals surface area (Å²) in [5.41, 5.74) is 2.91. The predicted octanol–water partition coefficient (Wildman–Crippen LogP) is 4.68. The predicted molar refractivity (Wildman–Crippen MR) is 133 cm³/mol. The molecule has 7 nitrogen and oxygen atoms in total. The third-order valence-corrected chi connectivity index (χ3v) is 5.35. The number of carbonyl (C=O) groups excluding carboxylic acids is 1. The lowest BCUT2D eigenvalue weighted by Crippen LogP contribution is -2.20. The number of ether oxygens (including phenoxy) is 1. The first-order valence-corrected chi connectivity index (χ1v) is 11.0. The van der Waals surface area contributed by atoms with Gasteiger partial charge in [0, 0.05) is 10.2 Å². The summed E-state index contributed by atoms with van der Waals surface area (Å²) >= 11 is 3.38. The SMILES string of the molecule is Cc1ccc(NC(=O)COc2cccc(C=Nn3c(C)nc4ccc(Br)cc4c3=O)c2)cc1. The number of amides is 1. The van der Waals surface area contributed by atoms with Crippen molar-refractivity contribution in [2.24, 2.45) is 5.10 Å². The molecule has 0 atom stereocenters. The normalized spacial score (nSPS) is 11.1. The zero-order chi connectivity index (χ0) is 23.4. The number of halogens is 1. The second-order valence-electron chi connectivity index (χ2n) is 7.46. The summed E-state index contributed by atoms with van der Waals surface area (Å²) in [6, 6.07) is 20.0. The quantitative estimate of drug-likeness (QED) is 0.386. The highest BCUT2D eigenvalue weighted by Crippen LogP contribution is 2.16. The maximum atomic E-state index is 12.9. The first-order valence-electron chi connectivity index (χ1n) is 10.2. The molecule has 0 spiro atoms. The van der Waals surface area contributed by atoms with E-state index in [9.17, 15) is 9.59 Å². The summed E-state index contributed by atoms with van der Waals surface area (Å²) in [5, 5.41) is 7.59. The molecule has 33 heavy (non-hydrogen) atoms. The van der Waals surface area contributed by atoms with E-state index in [1.807, 2.05) is 43.3 Å². The van der Waals surface area contributed by atoms with Crippen LogP contribution in [0.4, 0.5) is 5.69 Å². The van der Waals surface area contributed by atoms with Gasteiger partial charge in [0.15, 0.2) is 6.61 Å². The fourth-order valence-corrected chi connectivity index (χ4v) is 3.55. The van der Waals surface area contributed by atoms with Crippen LogP contribution in [0.2, 0.25) is 0 Å². The van der Waals surface area contributed by atoms with E-state index >= 15 is 0 Å². The fourth-order valence-electron chi connectivity index (χ4n) is 3.19. The summed E-state index contributed by atoms with van der Waals surface area (Å²) in [5.74, 6) is 0.738. The number of nitrogens with zero attached hydrogens (tertiary/aromatic N) is 3. The summed E-state index contributed by atoms with van der Waals surface area (Å²) < 4.78 is 7.67. The third kappa shape index (κ3) is 5.53. The van der Waals surface area contributed by atoms with Crippen molar-refractivity contribution in [3.8, 4) is 5.75 Å². The number of aryl methyl sites for hydroxylation is 2. The zero-order valence-electron chi connectivity index (χ0n) is 18.1. The molecule has 1 N–H and O–H groups in total. The fraction of sp³-hybridized carbons (Fsp3) is 0.120. The van der Waals surface area contributed by atoms with Crippen LogP contribution in [0.15, 0.2) is 81.1 Å². The van der Waals surface area contributed by atoms with E-state index in [-0.39, 0.29) is 18.1 Å². The first-order chi connectivity index (χ1) is 15.9. The van der Waals surface area contributed by atoms with Crippen LogP contribution in [0.5, 0.6) is 5.75 Å². The van der Waals surface area contributed by atoms with Crippen molar-refractivity contribution in [3.05, 3.63) is 98.5 Å². The molecule has 8 heteroatoms. The number of hydrogen-bond acceptors (Lipinski definition) is 5. The highest BCUT2D eigenvalue weighted by Gasteiger charge is 2.08. The maximum Gasteiger partial charge on any atom is 0.282 e. The number of fused-ring (bicyclic) bond motifs is 1. The number of carbonyl (C=O) groups is 1. The van der Waals surface area contributed by atoms with Gasteiger partial charge in [0.2, 0.25) is 0 Å². The topological polar surface area (TPSA) is 85.6 Å². The van der Waals surface area contributed by atoms with Gasteiger partial charge in [-0.2, -0.15) is 9.78 Å². The summed E-state index contributed by atoms with van der Waals surface area (Å²) in [4.78, 5) is 29.5. The van der Waals surface area contributed by atoms with Gasteiger partial charge in [0.1, 0.15) is 11.6 Å². The average Bonchev–Trinajstić information content (AvgIpc) is 2.80. The van der Waals surface area contributed by atoms with Crippen LogP contribution in [-0.4, -0.2) is 28.4 Å². The van der Waals surface area contributed by atoms with Gasteiger partial charge >= 0.3 is 0 Å². The van der Waals surface area contributed by atoms with Gasteiger partial charge in [-0.1, -0.05) is 45.8 Å². The molecule has 166 valence electrons. The number of hydrogen-bond donors (Lipinski definition) is 1. The number of anilines is 1. The van der Waals surface area contributed by atoms with Gasteiger partial charge in [0.25, 0.3) is 11.5 Å². The Morgan fingerprint density at radius 3 is 2.70 bits per heavy atom. The van der Waals surface area contributed by atoms with E-state index < -0.39 is 0 Å². The van der Waals surface area contributed by atoms with Crippen LogP contribution >= 0.6 is 15.9 Å². The molecule has 1 amide bonds. The molecule has 1 aromatic heterocycles. The van der Waals surface area contributed by atoms with Crippen LogP contribution in [0, 0.1) is 13.8 Å². The first kappa shape index (κ1) is 22.4. The Morgan fingerprint density at radius 2 is 1.91 bits per heavy atom. The van der Waals surface area contributed by atoms with E-state index in [2.05, 4.69) is 31.3 Å². The van der Waals surface area contributed by atoms with Gasteiger partial charge in [-0.3, -0.25) is 9.59 Å². The van der Waals surface area contributed by atoms with Crippen molar-refractivity contribution in [2.45, 2.75) is 13.8 Å². The molecule has 0 aliphatic heterocycles. The molecule has 3 aromatic carbocycles. The Labute approximate surface area is 198 Å². The molecular weight excluding hydrogens is 484 g/mol. The van der Waals surface area contributed by atoms with Crippen LogP contribution in [0.1, 0.15) is 17.0 Å². The monoisotopic (exact) mass is 504 g/mol. The minimum absolute atomic E-state index is 0.128. The maximum absolute atomic E-state index is 12.9. The number of benzene rings is 3. The summed E-state index contributed by atoms with van der Waals surface area (Å²) in [7, 11) is 0. The van der Waals surface area contributed by atoms with Crippen LogP contribution in [0.25, 0.3) is 10.9 Å². The molecule has 0 bridgehead atoms. The van der Waals surface area contributed by atoms with Crippen LogP contribution in [-0.2, 0) is 4.79 Å². The molecule has 0 aliphatic carbocycles. The molecule has 4 aromatic rings. The van der Waals surface area contributed by atoms with E-state index in [1.165, 1.54) is 4.68 Å². The smallest absolute Gasteiger partial charge is 0.282 e. The Hall–Kier alpha value is -3.78. The van der Waals surface area contributed by atoms with Crippen molar-refractivity contribution in [3.63, 3.8) is 0 Å². The molecule has 4 rings (SSSR count). The lowest BCUT2D eigenvalue weighted by Gasteiger charge is -2.08. The number of aromatic nitrogens is 2. The Balaban J connectivity index is 1.46. The van der Waals surface area contributed by atoms with Gasteiger partial charge in [-0.05, 0) is 61.9 Å². The van der Waals surface area contributed by atoms with E-state index in [1.54, 1.807) is 43.5 Å². The van der Waals surface area contributed by atoms with Gasteiger partial charge in [-0.25, -0.2) is 4.98 Å². The van der Waals surface area contributed by atoms with Crippen LogP contribution in [0.3, 0.4) is 0 Å². The van der Waals surface area contributed by atoms with E-state index in [0.717, 1.165) is 10.0 Å². The molecule has 0 saturated heterocycles. The molecule has 0 unspecified atom stereocenters.